The Balaban J connectivity index is 1.53. The summed E-state index contributed by atoms with van der Waals surface area (Å²) in [5, 5.41) is 7.81. The van der Waals surface area contributed by atoms with Crippen LogP contribution in [-0.2, 0) is 11.2 Å². The topological polar surface area (TPSA) is 59.3 Å². The number of hydrogen-bond donors (Lipinski definition) is 1. The van der Waals surface area contributed by atoms with Crippen molar-refractivity contribution >= 4 is 11.6 Å². The molecule has 6 heteroatoms. The van der Waals surface area contributed by atoms with Gasteiger partial charge in [0.05, 0.1) is 5.69 Å². The minimum Gasteiger partial charge on any atom is -0.353 e. The summed E-state index contributed by atoms with van der Waals surface area (Å²) < 4.78 is 15.4. The standard InChI is InChI=1S/C23H27FN4O/c1-15-20(11-12-23(29)26-19-9-4-3-5-10-19)16(2)28-22(25-15)14-21(27-28)17-7-6-8-18(24)13-17/h6-8,13-14,19H,3-5,9-12H2,1-2H3,(H,26,29). The summed E-state index contributed by atoms with van der Waals surface area (Å²) in [7, 11) is 0. The van der Waals surface area contributed by atoms with Crippen LogP contribution in [0.25, 0.3) is 16.9 Å². The van der Waals surface area contributed by atoms with Gasteiger partial charge in [-0.05, 0) is 50.8 Å². The van der Waals surface area contributed by atoms with E-state index >= 15 is 0 Å². The van der Waals surface area contributed by atoms with Gasteiger partial charge in [-0.3, -0.25) is 4.79 Å². The van der Waals surface area contributed by atoms with Crippen molar-refractivity contribution in [3.63, 3.8) is 0 Å². The Morgan fingerprint density at radius 1 is 1.21 bits per heavy atom. The first-order valence-electron chi connectivity index (χ1n) is 10.4. The van der Waals surface area contributed by atoms with Gasteiger partial charge in [0, 0.05) is 35.5 Å². The van der Waals surface area contributed by atoms with Crippen LogP contribution in [0.5, 0.6) is 0 Å². The molecule has 29 heavy (non-hydrogen) atoms. The average Bonchev–Trinajstić information content (AvgIpc) is 3.13. The van der Waals surface area contributed by atoms with Gasteiger partial charge in [-0.15, -0.1) is 0 Å². The van der Waals surface area contributed by atoms with Gasteiger partial charge in [0.15, 0.2) is 5.65 Å². The molecule has 1 fully saturated rings. The lowest BCUT2D eigenvalue weighted by Crippen LogP contribution is -2.36. The lowest BCUT2D eigenvalue weighted by Gasteiger charge is -2.22. The molecule has 2 aromatic heterocycles. The van der Waals surface area contributed by atoms with Gasteiger partial charge in [-0.1, -0.05) is 31.4 Å². The Morgan fingerprint density at radius 3 is 2.76 bits per heavy atom. The highest BCUT2D eigenvalue weighted by Crippen LogP contribution is 2.23. The van der Waals surface area contributed by atoms with Crippen molar-refractivity contribution in [3.8, 4) is 11.3 Å². The van der Waals surface area contributed by atoms with Crippen LogP contribution >= 0.6 is 0 Å². The molecule has 2 heterocycles. The summed E-state index contributed by atoms with van der Waals surface area (Å²) in [6.07, 6.45) is 6.95. The number of amides is 1. The van der Waals surface area contributed by atoms with E-state index < -0.39 is 0 Å². The van der Waals surface area contributed by atoms with E-state index in [1.807, 2.05) is 26.0 Å². The Bertz CT molecular complexity index is 1040. The zero-order chi connectivity index (χ0) is 20.4. The Kier molecular flexibility index (Phi) is 5.60. The van der Waals surface area contributed by atoms with Gasteiger partial charge in [0.1, 0.15) is 5.82 Å². The summed E-state index contributed by atoms with van der Waals surface area (Å²) in [5.41, 5.74) is 5.07. The number of benzene rings is 1. The third kappa shape index (κ3) is 4.31. The molecule has 5 nitrogen and oxygen atoms in total. The number of carbonyl (C=O) groups is 1. The fourth-order valence-corrected chi connectivity index (χ4v) is 4.26. The minimum atomic E-state index is -0.287. The first kappa shape index (κ1) is 19.6. The van der Waals surface area contributed by atoms with E-state index in [2.05, 4.69) is 15.4 Å². The van der Waals surface area contributed by atoms with Crippen molar-refractivity contribution in [3.05, 3.63) is 53.1 Å². The van der Waals surface area contributed by atoms with Crippen molar-refractivity contribution in [2.75, 3.05) is 0 Å². The van der Waals surface area contributed by atoms with Crippen LogP contribution in [0.3, 0.4) is 0 Å². The third-order valence-corrected chi connectivity index (χ3v) is 5.86. The van der Waals surface area contributed by atoms with Crippen LogP contribution in [0.1, 0.15) is 55.5 Å². The van der Waals surface area contributed by atoms with E-state index in [0.29, 0.717) is 24.6 Å². The number of nitrogens with one attached hydrogen (secondary N) is 1. The predicted molar refractivity (Wildman–Crippen MR) is 111 cm³/mol. The third-order valence-electron chi connectivity index (χ3n) is 5.86. The van der Waals surface area contributed by atoms with Crippen LogP contribution in [-0.4, -0.2) is 26.5 Å². The van der Waals surface area contributed by atoms with E-state index in [0.717, 1.165) is 41.0 Å². The lowest BCUT2D eigenvalue weighted by molar-refractivity contribution is -0.121. The molecule has 0 atom stereocenters. The smallest absolute Gasteiger partial charge is 0.220 e. The fraction of sp³-hybridized carbons (Fsp3) is 0.435. The van der Waals surface area contributed by atoms with Crippen molar-refractivity contribution < 1.29 is 9.18 Å². The van der Waals surface area contributed by atoms with Crippen LogP contribution in [0.15, 0.2) is 30.3 Å². The molecule has 1 aliphatic rings. The quantitative estimate of drug-likeness (QED) is 0.691. The fourth-order valence-electron chi connectivity index (χ4n) is 4.26. The largest absolute Gasteiger partial charge is 0.353 e. The summed E-state index contributed by atoms with van der Waals surface area (Å²) in [5.74, 6) is -0.179. The van der Waals surface area contributed by atoms with Crippen LogP contribution in [0, 0.1) is 19.7 Å². The maximum Gasteiger partial charge on any atom is 0.220 e. The number of hydrogen-bond acceptors (Lipinski definition) is 3. The first-order chi connectivity index (χ1) is 14.0. The van der Waals surface area contributed by atoms with Gasteiger partial charge < -0.3 is 5.32 Å². The number of nitrogens with zero attached hydrogens (tertiary/aromatic N) is 3. The van der Waals surface area contributed by atoms with Crippen LogP contribution in [0.2, 0.25) is 0 Å². The number of rotatable bonds is 5. The Hall–Kier alpha value is -2.76. The van der Waals surface area contributed by atoms with Crippen LogP contribution in [0.4, 0.5) is 4.39 Å². The molecule has 0 spiro atoms. The molecule has 0 radical (unpaired) electrons. The van der Waals surface area contributed by atoms with Gasteiger partial charge in [0.2, 0.25) is 5.91 Å². The number of aromatic nitrogens is 3. The molecule has 1 aromatic carbocycles. The minimum absolute atomic E-state index is 0.108. The highest BCUT2D eigenvalue weighted by atomic mass is 19.1. The van der Waals surface area contributed by atoms with E-state index in [4.69, 9.17) is 0 Å². The second kappa shape index (κ2) is 8.31. The number of halogens is 1. The molecule has 1 saturated carbocycles. The molecule has 1 amide bonds. The first-order valence-corrected chi connectivity index (χ1v) is 10.4. The summed E-state index contributed by atoms with van der Waals surface area (Å²) in [4.78, 5) is 17.1. The average molecular weight is 394 g/mol. The SMILES string of the molecule is Cc1nc2cc(-c3cccc(F)c3)nn2c(C)c1CCC(=O)NC1CCCCC1. The molecule has 0 aliphatic heterocycles. The van der Waals surface area contributed by atoms with Gasteiger partial charge in [-0.2, -0.15) is 5.10 Å². The van der Waals surface area contributed by atoms with Crippen molar-refractivity contribution in [1.29, 1.82) is 0 Å². The summed E-state index contributed by atoms with van der Waals surface area (Å²) >= 11 is 0. The molecule has 4 rings (SSSR count). The van der Waals surface area contributed by atoms with Crippen molar-refractivity contribution in [2.45, 2.75) is 64.8 Å². The Labute approximate surface area is 170 Å². The second-order valence-corrected chi connectivity index (χ2v) is 7.97. The summed E-state index contributed by atoms with van der Waals surface area (Å²) in [6.45, 7) is 3.97. The zero-order valence-electron chi connectivity index (χ0n) is 17.0. The molecule has 3 aromatic rings. The van der Waals surface area contributed by atoms with Gasteiger partial charge >= 0.3 is 0 Å². The van der Waals surface area contributed by atoms with Crippen molar-refractivity contribution in [1.82, 2.24) is 19.9 Å². The molecule has 0 bridgehead atoms. The van der Waals surface area contributed by atoms with Crippen molar-refractivity contribution in [2.24, 2.45) is 0 Å². The number of aryl methyl sites for hydroxylation is 2. The molecule has 152 valence electrons. The number of fused-ring (bicyclic) bond motifs is 1. The van der Waals surface area contributed by atoms with E-state index in [9.17, 15) is 9.18 Å². The van der Waals surface area contributed by atoms with E-state index in [1.54, 1.807) is 10.6 Å². The predicted octanol–water partition coefficient (Wildman–Crippen LogP) is 4.53. The normalized spacial score (nSPS) is 15.0. The van der Waals surface area contributed by atoms with E-state index in [1.165, 1.54) is 31.4 Å². The van der Waals surface area contributed by atoms with Gasteiger partial charge in [0.25, 0.3) is 0 Å². The maximum absolute atomic E-state index is 13.6. The highest BCUT2D eigenvalue weighted by molar-refractivity contribution is 5.76. The van der Waals surface area contributed by atoms with Crippen LogP contribution < -0.4 is 5.32 Å². The second-order valence-electron chi connectivity index (χ2n) is 7.97. The molecule has 1 N–H and O–H groups in total. The molecule has 0 saturated heterocycles. The van der Waals surface area contributed by atoms with Gasteiger partial charge in [-0.25, -0.2) is 13.9 Å². The highest BCUT2D eigenvalue weighted by Gasteiger charge is 2.17. The Morgan fingerprint density at radius 2 is 2.00 bits per heavy atom. The van der Waals surface area contributed by atoms with E-state index in [-0.39, 0.29) is 11.7 Å². The lowest BCUT2D eigenvalue weighted by atomic mass is 9.95. The monoisotopic (exact) mass is 394 g/mol. The molecular formula is C23H27FN4O. The molecule has 1 aliphatic carbocycles. The zero-order valence-corrected chi connectivity index (χ0v) is 17.0. The summed E-state index contributed by atoms with van der Waals surface area (Å²) in [6, 6.07) is 8.61. The molecule has 0 unspecified atom stereocenters. The number of carbonyl (C=O) groups excluding carboxylic acids is 1. The molecular weight excluding hydrogens is 367 g/mol. The maximum atomic E-state index is 13.6.